The number of unbranched alkanes of at least 4 members (excludes halogenated alkanes) is 2. The minimum atomic E-state index is -0.644. The molecule has 1 saturated heterocycles. The Kier molecular flexibility index (Phi) is 11.5. The lowest BCUT2D eigenvalue weighted by Crippen LogP contribution is -2.52. The second-order valence-electron chi connectivity index (χ2n) is 10.4. The quantitative estimate of drug-likeness (QED) is 0.219. The lowest BCUT2D eigenvalue weighted by atomic mass is 10.0. The Bertz CT molecular complexity index is 1190. The number of nitrogens with one attached hydrogen (secondary N) is 1. The number of amides is 3. The molecule has 10 nitrogen and oxygen atoms in total. The molecule has 3 N–H and O–H groups in total. The van der Waals surface area contributed by atoms with Crippen LogP contribution in [-0.4, -0.2) is 68.3 Å². The third-order valence-electron chi connectivity index (χ3n) is 7.19. The number of nitrogens with zero attached hydrogens (tertiary/aromatic N) is 1. The molecule has 2 aliphatic rings. The number of rotatable bonds is 17. The van der Waals surface area contributed by atoms with E-state index in [4.69, 9.17) is 24.7 Å². The molecule has 0 aromatic heterocycles. The molecule has 2 heterocycles. The van der Waals surface area contributed by atoms with Gasteiger partial charge in [-0.15, -0.1) is 0 Å². The summed E-state index contributed by atoms with van der Waals surface area (Å²) in [7, 11) is 0. The Morgan fingerprint density at radius 3 is 2.46 bits per heavy atom. The summed E-state index contributed by atoms with van der Waals surface area (Å²) in [5, 5.41) is 2.32. The highest BCUT2D eigenvalue weighted by Gasteiger charge is 2.40. The van der Waals surface area contributed by atoms with Gasteiger partial charge in [0, 0.05) is 43.4 Å². The fourth-order valence-electron chi connectivity index (χ4n) is 4.93. The van der Waals surface area contributed by atoms with Crippen molar-refractivity contribution in [3.05, 3.63) is 59.2 Å². The van der Waals surface area contributed by atoms with Gasteiger partial charge < -0.3 is 29.6 Å². The Hall–Kier alpha value is -3.47. The second-order valence-corrected chi connectivity index (χ2v) is 10.4. The molecule has 0 radical (unpaired) electrons. The van der Waals surface area contributed by atoms with Crippen molar-refractivity contribution in [1.82, 2.24) is 10.2 Å². The zero-order valence-corrected chi connectivity index (χ0v) is 23.8. The Morgan fingerprint density at radius 1 is 0.902 bits per heavy atom. The van der Waals surface area contributed by atoms with Gasteiger partial charge in [0.1, 0.15) is 24.1 Å². The monoisotopic (exact) mass is 567 g/mol. The maximum Gasteiger partial charge on any atom is 0.255 e. The number of hydrogen-bond donors (Lipinski definition) is 2. The summed E-state index contributed by atoms with van der Waals surface area (Å²) in [4.78, 5) is 38.2. The van der Waals surface area contributed by atoms with E-state index in [1.54, 1.807) is 12.1 Å². The average molecular weight is 568 g/mol. The van der Waals surface area contributed by atoms with E-state index < -0.39 is 11.9 Å². The first kappa shape index (κ1) is 30.5. The number of nitrogens with two attached hydrogens (primary N) is 1. The van der Waals surface area contributed by atoms with Crippen molar-refractivity contribution in [2.75, 3.05) is 39.6 Å². The Balaban J connectivity index is 1.02. The van der Waals surface area contributed by atoms with Gasteiger partial charge in [-0.05, 0) is 68.9 Å². The first-order valence-corrected chi connectivity index (χ1v) is 14.5. The molecule has 0 bridgehead atoms. The van der Waals surface area contributed by atoms with Gasteiger partial charge >= 0.3 is 0 Å². The van der Waals surface area contributed by atoms with Gasteiger partial charge in [-0.2, -0.15) is 0 Å². The molecule has 2 aromatic carbocycles. The van der Waals surface area contributed by atoms with Crippen LogP contribution in [0.25, 0.3) is 0 Å². The van der Waals surface area contributed by atoms with Crippen LogP contribution in [0.5, 0.6) is 11.5 Å². The van der Waals surface area contributed by atoms with Crippen LogP contribution in [0.2, 0.25) is 0 Å². The van der Waals surface area contributed by atoms with Gasteiger partial charge in [-0.1, -0.05) is 18.2 Å². The topological polar surface area (TPSA) is 129 Å². The number of carbonyl (C=O) groups is 3. The predicted octanol–water partition coefficient (Wildman–Crippen LogP) is 3.52. The van der Waals surface area contributed by atoms with Crippen LogP contribution in [0.1, 0.15) is 73.0 Å². The number of imide groups is 1. The van der Waals surface area contributed by atoms with Crippen LogP contribution >= 0.6 is 0 Å². The molecule has 10 heteroatoms. The highest BCUT2D eigenvalue weighted by atomic mass is 16.5. The maximum absolute atomic E-state index is 12.9. The summed E-state index contributed by atoms with van der Waals surface area (Å²) in [5.74, 6) is 0.534. The summed E-state index contributed by atoms with van der Waals surface area (Å²) >= 11 is 0. The van der Waals surface area contributed by atoms with Crippen molar-refractivity contribution in [1.29, 1.82) is 0 Å². The van der Waals surface area contributed by atoms with Crippen LogP contribution in [-0.2, 0) is 25.6 Å². The molecule has 2 aliphatic heterocycles. The maximum atomic E-state index is 12.9. The van der Waals surface area contributed by atoms with Gasteiger partial charge in [0.15, 0.2) is 0 Å². The first-order valence-electron chi connectivity index (χ1n) is 14.5. The van der Waals surface area contributed by atoms with E-state index >= 15 is 0 Å². The van der Waals surface area contributed by atoms with Crippen molar-refractivity contribution < 1.29 is 33.3 Å². The van der Waals surface area contributed by atoms with E-state index in [2.05, 4.69) is 5.32 Å². The van der Waals surface area contributed by atoms with E-state index in [-0.39, 0.29) is 30.8 Å². The van der Waals surface area contributed by atoms with Crippen LogP contribution in [0, 0.1) is 0 Å². The minimum absolute atomic E-state index is 0.000678. The first-order chi connectivity index (χ1) is 19.9. The van der Waals surface area contributed by atoms with Crippen LogP contribution in [0.4, 0.5) is 0 Å². The van der Waals surface area contributed by atoms with Gasteiger partial charge in [-0.3, -0.25) is 19.7 Å². The van der Waals surface area contributed by atoms with Crippen molar-refractivity contribution in [3.8, 4) is 11.5 Å². The van der Waals surface area contributed by atoms with Crippen molar-refractivity contribution in [3.63, 3.8) is 0 Å². The van der Waals surface area contributed by atoms with E-state index in [0.29, 0.717) is 50.8 Å². The minimum Gasteiger partial charge on any atom is -0.494 e. The summed E-state index contributed by atoms with van der Waals surface area (Å²) < 4.78 is 23.1. The standard InChI is InChI=1S/C31H41N3O7/c1-22(32)23-8-5-9-24(20-23)40-17-4-2-3-14-38-15-7-16-39-18-19-41-28-11-6-10-25-26(28)21-34(31(25)37)27-12-13-29(35)33-30(27)36/h5-6,8-11,20,22,27H,2-4,7,12-19,21,32H2,1H3,(H,33,35,36)/t22-,27?/m1/s1. The predicted molar refractivity (Wildman–Crippen MR) is 153 cm³/mol. The number of benzene rings is 2. The lowest BCUT2D eigenvalue weighted by molar-refractivity contribution is -0.136. The molecule has 3 amide bonds. The molecule has 1 unspecified atom stereocenters. The number of ether oxygens (including phenoxy) is 4. The largest absolute Gasteiger partial charge is 0.494 e. The summed E-state index contributed by atoms with van der Waals surface area (Å²) in [5.41, 5.74) is 8.29. The lowest BCUT2D eigenvalue weighted by Gasteiger charge is -2.29. The normalized spacial score (nSPS) is 17.4. The fourth-order valence-corrected chi connectivity index (χ4v) is 4.93. The molecule has 4 rings (SSSR count). The third kappa shape index (κ3) is 8.76. The molecule has 222 valence electrons. The summed E-state index contributed by atoms with van der Waals surface area (Å²) in [6, 6.07) is 12.6. The molecule has 0 spiro atoms. The van der Waals surface area contributed by atoms with E-state index in [1.165, 1.54) is 4.90 Å². The van der Waals surface area contributed by atoms with Crippen molar-refractivity contribution >= 4 is 17.7 Å². The molecular formula is C31H41N3O7. The summed E-state index contributed by atoms with van der Waals surface area (Å²) in [6.07, 6.45) is 4.36. The SMILES string of the molecule is C[C@@H](N)c1cccc(OCCCCCOCCCOCCOc2cccc3c2CN(C2CCC(=O)NC2=O)C3=O)c1. The zero-order chi connectivity index (χ0) is 29.0. The molecule has 1 fully saturated rings. The van der Waals surface area contributed by atoms with Crippen LogP contribution in [0.3, 0.4) is 0 Å². The van der Waals surface area contributed by atoms with E-state index in [9.17, 15) is 14.4 Å². The van der Waals surface area contributed by atoms with Crippen molar-refractivity contribution in [2.24, 2.45) is 5.73 Å². The van der Waals surface area contributed by atoms with Crippen LogP contribution in [0.15, 0.2) is 42.5 Å². The third-order valence-corrected chi connectivity index (χ3v) is 7.19. The average Bonchev–Trinajstić information content (AvgIpc) is 3.30. The Morgan fingerprint density at radius 2 is 1.66 bits per heavy atom. The number of piperidine rings is 1. The van der Waals surface area contributed by atoms with Gasteiger partial charge in [-0.25, -0.2) is 0 Å². The number of hydrogen-bond acceptors (Lipinski definition) is 8. The molecule has 41 heavy (non-hydrogen) atoms. The van der Waals surface area contributed by atoms with Gasteiger partial charge in [0.2, 0.25) is 11.8 Å². The molecule has 0 aliphatic carbocycles. The number of carbonyl (C=O) groups excluding carboxylic acids is 3. The highest BCUT2D eigenvalue weighted by molar-refractivity contribution is 6.05. The summed E-state index contributed by atoms with van der Waals surface area (Å²) in [6.45, 7) is 5.63. The molecule has 0 saturated carbocycles. The molecule has 2 atom stereocenters. The fraction of sp³-hybridized carbons (Fsp3) is 0.516. The highest BCUT2D eigenvalue weighted by Crippen LogP contribution is 2.33. The molecular weight excluding hydrogens is 526 g/mol. The van der Waals surface area contributed by atoms with Gasteiger partial charge in [0.05, 0.1) is 19.8 Å². The number of fused-ring (bicyclic) bond motifs is 1. The zero-order valence-electron chi connectivity index (χ0n) is 23.8. The second kappa shape index (κ2) is 15.5. The van der Waals surface area contributed by atoms with Gasteiger partial charge in [0.25, 0.3) is 5.91 Å². The van der Waals surface area contributed by atoms with Crippen molar-refractivity contribution in [2.45, 2.75) is 64.1 Å². The smallest absolute Gasteiger partial charge is 0.255 e. The molecule has 2 aromatic rings. The van der Waals surface area contributed by atoms with E-state index in [0.717, 1.165) is 49.2 Å². The Labute approximate surface area is 241 Å². The van der Waals surface area contributed by atoms with Crippen LogP contribution < -0.4 is 20.5 Å². The van der Waals surface area contributed by atoms with E-state index in [1.807, 2.05) is 37.3 Å².